The zero-order valence-corrected chi connectivity index (χ0v) is 15.1. The van der Waals surface area contributed by atoms with Crippen molar-refractivity contribution in [1.29, 1.82) is 0 Å². The molecule has 2 aromatic carbocycles. The number of aryl methyl sites for hydroxylation is 2. The first-order valence-electron chi connectivity index (χ1n) is 5.75. The van der Waals surface area contributed by atoms with Gasteiger partial charge in [-0.3, -0.25) is 0 Å². The summed E-state index contributed by atoms with van der Waals surface area (Å²) in [4.78, 5) is 16.9. The predicted molar refractivity (Wildman–Crippen MR) is 86.2 cm³/mol. The Hall–Kier alpha value is -0.936. The van der Waals surface area contributed by atoms with Crippen molar-refractivity contribution in [1.82, 2.24) is 0 Å². The molecule has 4 nitrogen and oxygen atoms in total. The first-order chi connectivity index (χ1) is 9.96. The molecular formula is C14H17Cl2N2O2Ti-3. The van der Waals surface area contributed by atoms with Crippen LogP contribution in [0.5, 0.6) is 0 Å². The van der Waals surface area contributed by atoms with Crippen LogP contribution in [0.25, 0.3) is 22.2 Å². The summed E-state index contributed by atoms with van der Waals surface area (Å²) in [5.41, 5.74) is 15.4. The van der Waals surface area contributed by atoms with Gasteiger partial charge in [0.25, 0.3) is 0 Å². The van der Waals surface area contributed by atoms with Crippen LogP contribution in [0.3, 0.4) is 0 Å². The Balaban J connectivity index is 0. The van der Waals surface area contributed by atoms with Crippen LogP contribution in [-0.2, 0) is 26.6 Å². The fourth-order valence-electron chi connectivity index (χ4n) is 1.82. The van der Waals surface area contributed by atoms with E-state index in [1.807, 2.05) is 0 Å². The fraction of sp³-hybridized carbons (Fsp3) is 0.214. The molecule has 0 aliphatic heterocycles. The average molecular weight is 364 g/mol. The molecule has 0 atom stereocenters. The molecule has 0 saturated carbocycles. The van der Waals surface area contributed by atoms with Gasteiger partial charge in [0.2, 0.25) is 0 Å². The Labute approximate surface area is 141 Å². The van der Waals surface area contributed by atoms with E-state index in [0.717, 1.165) is 0 Å². The van der Waals surface area contributed by atoms with Crippen molar-refractivity contribution in [2.45, 2.75) is 20.8 Å². The van der Waals surface area contributed by atoms with Gasteiger partial charge in [0.1, 0.15) is 0 Å². The third kappa shape index (κ3) is 8.17. The van der Waals surface area contributed by atoms with Crippen LogP contribution in [0.15, 0.2) is 24.3 Å². The van der Waals surface area contributed by atoms with Gasteiger partial charge in [-0.1, -0.05) is 26.8 Å². The van der Waals surface area contributed by atoms with E-state index < -0.39 is 17.0 Å². The van der Waals surface area contributed by atoms with Gasteiger partial charge in [-0.25, -0.2) is 0 Å². The number of carbonyl (C=O) groups excluding carboxylic acids is 2. The second kappa shape index (κ2) is 14.0. The predicted octanol–water partition coefficient (Wildman–Crippen LogP) is 5.25. The summed E-state index contributed by atoms with van der Waals surface area (Å²) in [6.45, 7) is 6.60. The molecule has 2 N–H and O–H groups in total. The monoisotopic (exact) mass is 363 g/mol. The van der Waals surface area contributed by atoms with E-state index in [1.54, 1.807) is 0 Å². The third-order valence-electron chi connectivity index (χ3n) is 2.86. The largest absolute Gasteiger partial charge is 0.671 e. The molecule has 116 valence electrons. The van der Waals surface area contributed by atoms with Crippen molar-refractivity contribution in [2.75, 3.05) is 0 Å². The Morgan fingerprint density at radius 2 is 1.48 bits per heavy atom. The van der Waals surface area contributed by atoms with Gasteiger partial charge in [-0.2, -0.15) is 5.56 Å². The van der Waals surface area contributed by atoms with Gasteiger partial charge in [-0.05, 0) is 0 Å². The molecule has 2 rings (SSSR count). The number of benzene rings is 1. The van der Waals surface area contributed by atoms with Crippen LogP contribution >= 0.6 is 18.6 Å². The minimum absolute atomic E-state index is 0. The van der Waals surface area contributed by atoms with Gasteiger partial charge in [-0.15, -0.1) is 40.1 Å². The van der Waals surface area contributed by atoms with Crippen molar-refractivity contribution < 1.29 is 26.6 Å². The number of carbonyl (C=O) groups is 2. The summed E-state index contributed by atoms with van der Waals surface area (Å²) < 4.78 is 0. The maximum atomic E-state index is 8.47. The topological polar surface area (TPSA) is 81.7 Å². The number of fused-ring (bicyclic) bond motifs is 1. The number of rotatable bonds is 0. The number of amides is 2. The summed E-state index contributed by atoms with van der Waals surface area (Å²) in [5.74, 6) is 0. The Morgan fingerprint density at radius 1 is 1.10 bits per heavy atom. The number of hydrogen-bond acceptors (Lipinski definition) is 2. The molecule has 0 fully saturated rings. The second-order valence-corrected chi connectivity index (χ2v) is 6.31. The van der Waals surface area contributed by atoms with Crippen LogP contribution < -0.4 is 0 Å². The van der Waals surface area contributed by atoms with Crippen LogP contribution in [0.4, 0.5) is 0 Å². The molecule has 0 heterocycles. The van der Waals surface area contributed by atoms with E-state index in [0.29, 0.717) is 0 Å². The maximum Gasteiger partial charge on any atom is 0.0344 e. The van der Waals surface area contributed by atoms with E-state index in [4.69, 9.17) is 39.7 Å². The van der Waals surface area contributed by atoms with Crippen molar-refractivity contribution in [3.63, 3.8) is 0 Å². The smallest absolute Gasteiger partial charge is 0.0344 e. The van der Waals surface area contributed by atoms with E-state index in [2.05, 4.69) is 45.0 Å². The third-order valence-corrected chi connectivity index (χ3v) is 2.86. The van der Waals surface area contributed by atoms with Gasteiger partial charge in [0.05, 0.1) is 0 Å². The molecule has 0 unspecified atom stereocenters. The molecule has 0 saturated heterocycles. The molecule has 21 heavy (non-hydrogen) atoms. The summed E-state index contributed by atoms with van der Waals surface area (Å²) >= 11 is -0.556. The summed E-state index contributed by atoms with van der Waals surface area (Å²) in [7, 11) is 9.78. The van der Waals surface area contributed by atoms with Crippen molar-refractivity contribution in [2.24, 2.45) is 0 Å². The summed E-state index contributed by atoms with van der Waals surface area (Å²) in [6.07, 6.45) is 0. The molecule has 0 aliphatic carbocycles. The van der Waals surface area contributed by atoms with Gasteiger partial charge in [0.15, 0.2) is 0 Å². The van der Waals surface area contributed by atoms with Crippen molar-refractivity contribution in [3.8, 4) is 0 Å². The van der Waals surface area contributed by atoms with E-state index in [-0.39, 0.29) is 12.8 Å². The van der Waals surface area contributed by atoms with E-state index in [9.17, 15) is 0 Å². The Kier molecular flexibility index (Phi) is 14.9. The Morgan fingerprint density at radius 3 is 1.86 bits per heavy atom. The van der Waals surface area contributed by atoms with Crippen LogP contribution in [-0.4, -0.2) is 12.8 Å². The van der Waals surface area contributed by atoms with Crippen LogP contribution in [0.1, 0.15) is 16.7 Å². The molecular weight excluding hydrogens is 347 g/mol. The van der Waals surface area contributed by atoms with Crippen molar-refractivity contribution >= 4 is 42.2 Å². The molecule has 0 radical (unpaired) electrons. The zero-order chi connectivity index (χ0) is 16.8. The summed E-state index contributed by atoms with van der Waals surface area (Å²) in [5, 5.41) is 2.82. The first-order valence-corrected chi connectivity index (χ1v) is 10.1. The minimum atomic E-state index is -0.556. The van der Waals surface area contributed by atoms with Gasteiger partial charge >= 0.3 is 35.6 Å². The molecule has 7 heteroatoms. The zero-order valence-electron chi connectivity index (χ0n) is 12.0. The minimum Gasteiger partial charge on any atom is -0.671 e. The molecule has 0 bridgehead atoms. The van der Waals surface area contributed by atoms with Crippen molar-refractivity contribution in [3.05, 3.63) is 52.4 Å². The maximum absolute atomic E-state index is 8.47. The number of hydrogen-bond donors (Lipinski definition) is 0. The molecule has 0 spiro atoms. The molecule has 2 amide bonds. The Bertz CT molecular complexity index is 500. The van der Waals surface area contributed by atoms with E-state index in [1.165, 1.54) is 27.5 Å². The molecule has 2 aromatic rings. The second-order valence-electron chi connectivity index (χ2n) is 3.73. The quantitative estimate of drug-likeness (QED) is 0.363. The van der Waals surface area contributed by atoms with Gasteiger partial charge < -0.3 is 21.1 Å². The normalized spacial score (nSPS) is 8.05. The SMILES string of the molecule is Cc1c(C)[c-](C)c2ccccc12.[Cl][Ti][Cl].[NH-]C=O.[NH-]C=O. The van der Waals surface area contributed by atoms with Crippen LogP contribution in [0.2, 0.25) is 0 Å². The van der Waals surface area contributed by atoms with Crippen LogP contribution in [0, 0.1) is 20.8 Å². The fourth-order valence-corrected chi connectivity index (χ4v) is 1.82. The van der Waals surface area contributed by atoms with E-state index >= 15 is 0 Å². The average Bonchev–Trinajstić information content (AvgIpc) is 2.67. The first kappa shape index (κ1) is 22.3. The molecule has 0 aliphatic rings. The molecule has 0 aromatic heterocycles. The standard InChI is InChI=1S/C12H13.2CH3NO.2ClH.Ti/c1-8-9(2)11-6-4-5-7-12(11)10(8)3;2*2-1-3;;;/h4-7H,1-3H3;2*1H,(H2,2,3);2*1H;/q-1;;;;;+2/p-4. The number of halogens is 2. The number of nitrogens with one attached hydrogen (secondary N) is 2. The summed E-state index contributed by atoms with van der Waals surface area (Å²) in [6, 6.07) is 8.61. The van der Waals surface area contributed by atoms with Gasteiger partial charge in [0, 0.05) is 12.8 Å².